The first-order valence-electron chi connectivity index (χ1n) is 15.5. The summed E-state index contributed by atoms with van der Waals surface area (Å²) in [7, 11) is 4.01. The second-order valence-electron chi connectivity index (χ2n) is 16.5. The third kappa shape index (κ3) is 7.98. The van der Waals surface area contributed by atoms with Gasteiger partial charge in [0.15, 0.2) is 0 Å². The van der Waals surface area contributed by atoms with Crippen LogP contribution >= 0.6 is 23.2 Å². The fraction of sp³-hybridized carbons (Fsp3) is 0.526. The molecule has 6 heteroatoms. The summed E-state index contributed by atoms with van der Waals surface area (Å²) in [5.41, 5.74) is 7.10. The minimum atomic E-state index is -0.219. The van der Waals surface area contributed by atoms with Gasteiger partial charge < -0.3 is 20.0 Å². The van der Waals surface area contributed by atoms with E-state index >= 15 is 0 Å². The Morgan fingerprint density at radius 1 is 0.500 bits per heavy atom. The van der Waals surface area contributed by atoms with Crippen LogP contribution in [0.25, 0.3) is 0 Å². The zero-order chi connectivity index (χ0) is 33.7. The second-order valence-corrected chi connectivity index (χ2v) is 17.3. The van der Waals surface area contributed by atoms with Gasteiger partial charge in [0.25, 0.3) is 0 Å². The number of hydrogen-bond acceptors (Lipinski definition) is 4. The van der Waals surface area contributed by atoms with Crippen LogP contribution in [-0.4, -0.2) is 24.3 Å². The topological polar surface area (TPSA) is 46.9 Å². The van der Waals surface area contributed by atoms with E-state index < -0.39 is 0 Å². The van der Waals surface area contributed by atoms with E-state index in [2.05, 4.69) is 117 Å². The molecule has 0 bridgehead atoms. The Morgan fingerprint density at radius 3 is 1.05 bits per heavy atom. The van der Waals surface area contributed by atoms with Gasteiger partial charge in [-0.05, 0) is 68.2 Å². The van der Waals surface area contributed by atoms with E-state index in [0.717, 1.165) is 33.6 Å². The number of nitrogens with zero attached hydrogens (tertiary/aromatic N) is 2. The number of aromatic hydroxyl groups is 2. The van der Waals surface area contributed by atoms with Gasteiger partial charge in [0, 0.05) is 38.3 Å². The van der Waals surface area contributed by atoms with Gasteiger partial charge in [-0.25, -0.2) is 0 Å². The Hall–Kier alpha value is -2.56. The predicted octanol–water partition coefficient (Wildman–Crippen LogP) is 10.9. The Bertz CT molecular complexity index is 1400. The van der Waals surface area contributed by atoms with Crippen LogP contribution in [0.5, 0.6) is 11.5 Å². The van der Waals surface area contributed by atoms with Gasteiger partial charge in [0.05, 0.1) is 21.4 Å². The number of rotatable bonds is 6. The van der Waals surface area contributed by atoms with E-state index in [1.54, 1.807) is 0 Å². The first-order chi connectivity index (χ1) is 19.8. The largest absolute Gasteiger partial charge is 0.507 e. The molecule has 3 aromatic carbocycles. The monoisotopic (exact) mass is 640 g/mol. The van der Waals surface area contributed by atoms with Crippen molar-refractivity contribution < 1.29 is 10.2 Å². The third-order valence-corrected chi connectivity index (χ3v) is 9.10. The smallest absolute Gasteiger partial charge is 0.124 e. The SMILES string of the molecule is CN(Cc1cc(C(C)(C)C)cc(C(C)(C)C)c1O)c1cc(Cl)c(Cl)cc1N(C)Cc1cc(C(C)(C)C)cc(C(C)(C)C)c1O. The predicted molar refractivity (Wildman–Crippen MR) is 192 cm³/mol. The van der Waals surface area contributed by atoms with Crippen LogP contribution in [0.1, 0.15) is 116 Å². The Morgan fingerprint density at radius 2 is 0.795 bits per heavy atom. The highest BCUT2D eigenvalue weighted by Gasteiger charge is 2.28. The molecule has 0 radical (unpaired) electrons. The molecule has 242 valence electrons. The Balaban J connectivity index is 2.12. The lowest BCUT2D eigenvalue weighted by atomic mass is 9.79. The summed E-state index contributed by atoms with van der Waals surface area (Å²) < 4.78 is 0. The first-order valence-corrected chi connectivity index (χ1v) is 16.2. The molecule has 2 N–H and O–H groups in total. The molecule has 4 nitrogen and oxygen atoms in total. The molecule has 0 saturated heterocycles. The standard InChI is InChI=1S/C38H54Cl2N2O2/c1-35(2,3)25-15-23(33(43)27(17-25)37(7,8)9)21-41(13)31-19-29(39)30(40)20-32(31)42(14)22-24-16-26(36(4,5)6)18-28(34(24)44)38(10,11)12/h15-20,43-44H,21-22H2,1-14H3. The van der Waals surface area contributed by atoms with Crippen molar-refractivity contribution >= 4 is 34.6 Å². The van der Waals surface area contributed by atoms with Gasteiger partial charge in [-0.15, -0.1) is 0 Å². The van der Waals surface area contributed by atoms with Crippen molar-refractivity contribution in [3.63, 3.8) is 0 Å². The number of halogens is 2. The van der Waals surface area contributed by atoms with E-state index in [1.807, 2.05) is 26.2 Å². The van der Waals surface area contributed by atoms with Crippen molar-refractivity contribution in [3.8, 4) is 11.5 Å². The van der Waals surface area contributed by atoms with Gasteiger partial charge in [0.1, 0.15) is 11.5 Å². The summed E-state index contributed by atoms with van der Waals surface area (Å²) in [6.45, 7) is 26.9. The lowest BCUT2D eigenvalue weighted by Gasteiger charge is -2.32. The summed E-state index contributed by atoms with van der Waals surface area (Å²) in [5.74, 6) is 0.650. The van der Waals surface area contributed by atoms with Crippen molar-refractivity contribution in [2.24, 2.45) is 0 Å². The summed E-state index contributed by atoms with van der Waals surface area (Å²) >= 11 is 13.2. The molecular formula is C38H54Cl2N2O2. The molecule has 0 fully saturated rings. The Kier molecular flexibility index (Phi) is 10.1. The van der Waals surface area contributed by atoms with Crippen LogP contribution < -0.4 is 9.80 Å². The van der Waals surface area contributed by atoms with Crippen LogP contribution in [0, 0.1) is 0 Å². The minimum absolute atomic E-state index is 0.0779. The fourth-order valence-corrected chi connectivity index (χ4v) is 5.77. The van der Waals surface area contributed by atoms with Gasteiger partial charge in [-0.2, -0.15) is 0 Å². The average Bonchev–Trinajstić information content (AvgIpc) is 2.84. The molecule has 0 aliphatic heterocycles. The zero-order valence-electron chi connectivity index (χ0n) is 29.4. The highest BCUT2D eigenvalue weighted by Crippen LogP contribution is 2.43. The molecule has 44 heavy (non-hydrogen) atoms. The molecule has 0 unspecified atom stereocenters. The average molecular weight is 642 g/mol. The van der Waals surface area contributed by atoms with Crippen LogP contribution in [0.2, 0.25) is 10.0 Å². The molecule has 0 amide bonds. The van der Waals surface area contributed by atoms with Crippen LogP contribution in [-0.2, 0) is 34.7 Å². The maximum absolute atomic E-state index is 11.5. The van der Waals surface area contributed by atoms with Crippen molar-refractivity contribution in [3.05, 3.63) is 79.8 Å². The second kappa shape index (κ2) is 12.3. The molecule has 0 spiro atoms. The minimum Gasteiger partial charge on any atom is -0.507 e. The van der Waals surface area contributed by atoms with Gasteiger partial charge in [-0.3, -0.25) is 0 Å². The summed E-state index contributed by atoms with van der Waals surface area (Å²) in [6.07, 6.45) is 0. The molecule has 0 atom stereocenters. The van der Waals surface area contributed by atoms with Crippen molar-refractivity contribution in [2.75, 3.05) is 23.9 Å². The van der Waals surface area contributed by atoms with E-state index in [0.29, 0.717) is 34.6 Å². The number of benzene rings is 3. The molecule has 0 heterocycles. The maximum atomic E-state index is 11.5. The first kappa shape index (κ1) is 35.9. The number of anilines is 2. The fourth-order valence-electron chi connectivity index (χ4n) is 5.46. The normalized spacial score (nSPS) is 12.9. The van der Waals surface area contributed by atoms with Crippen molar-refractivity contribution in [1.29, 1.82) is 0 Å². The lowest BCUT2D eigenvalue weighted by molar-refractivity contribution is 0.436. The number of hydrogen-bond donors (Lipinski definition) is 2. The third-order valence-electron chi connectivity index (χ3n) is 8.38. The van der Waals surface area contributed by atoms with Crippen LogP contribution in [0.15, 0.2) is 36.4 Å². The lowest BCUT2D eigenvalue weighted by Crippen LogP contribution is -2.25. The zero-order valence-corrected chi connectivity index (χ0v) is 30.9. The van der Waals surface area contributed by atoms with Gasteiger partial charge in [-0.1, -0.05) is 118 Å². The van der Waals surface area contributed by atoms with Crippen LogP contribution in [0.3, 0.4) is 0 Å². The highest BCUT2D eigenvalue weighted by atomic mass is 35.5. The van der Waals surface area contributed by atoms with Gasteiger partial charge >= 0.3 is 0 Å². The molecule has 0 saturated carbocycles. The molecule has 0 aliphatic carbocycles. The van der Waals surface area contributed by atoms with E-state index in [4.69, 9.17) is 23.2 Å². The maximum Gasteiger partial charge on any atom is 0.124 e. The number of phenols is 2. The van der Waals surface area contributed by atoms with Crippen LogP contribution in [0.4, 0.5) is 11.4 Å². The van der Waals surface area contributed by atoms with E-state index in [1.165, 1.54) is 11.1 Å². The number of phenolic OH excluding ortho intramolecular Hbond substituents is 2. The Labute approximate surface area is 277 Å². The molecule has 0 aliphatic rings. The summed E-state index contributed by atoms with van der Waals surface area (Å²) in [6, 6.07) is 12.3. The van der Waals surface area contributed by atoms with E-state index in [9.17, 15) is 10.2 Å². The van der Waals surface area contributed by atoms with Gasteiger partial charge in [0.2, 0.25) is 0 Å². The highest BCUT2D eigenvalue weighted by molar-refractivity contribution is 6.42. The summed E-state index contributed by atoms with van der Waals surface area (Å²) in [4.78, 5) is 4.21. The van der Waals surface area contributed by atoms with Crippen molar-refractivity contribution in [2.45, 2.75) is 118 Å². The summed E-state index contributed by atoms with van der Waals surface area (Å²) in [5, 5.41) is 23.9. The van der Waals surface area contributed by atoms with Crippen molar-refractivity contribution in [1.82, 2.24) is 0 Å². The van der Waals surface area contributed by atoms with E-state index in [-0.39, 0.29) is 21.7 Å². The molecule has 3 aromatic rings. The molecule has 3 rings (SSSR count). The molecule has 0 aromatic heterocycles. The quantitative estimate of drug-likeness (QED) is 0.281. The molecular weight excluding hydrogens is 587 g/mol.